The van der Waals surface area contributed by atoms with E-state index < -0.39 is 0 Å². The summed E-state index contributed by atoms with van der Waals surface area (Å²) in [5.41, 5.74) is 0.695. The number of hydrogen-bond acceptors (Lipinski definition) is 3. The van der Waals surface area contributed by atoms with Crippen LogP contribution in [0.2, 0.25) is 0 Å². The summed E-state index contributed by atoms with van der Waals surface area (Å²) in [6.07, 6.45) is 0.333. The minimum Gasteiger partial charge on any atom is -0.497 e. The maximum absolute atomic E-state index is 11.5. The summed E-state index contributed by atoms with van der Waals surface area (Å²) < 4.78 is 10.7. The van der Waals surface area contributed by atoms with E-state index in [4.69, 9.17) is 9.47 Å². The van der Waals surface area contributed by atoms with Crippen molar-refractivity contribution >= 4 is 27.5 Å². The molecule has 5 heteroatoms. The van der Waals surface area contributed by atoms with Crippen LogP contribution >= 0.6 is 15.9 Å². The largest absolute Gasteiger partial charge is 0.497 e. The summed E-state index contributed by atoms with van der Waals surface area (Å²) >= 11 is 3.35. The van der Waals surface area contributed by atoms with E-state index in [1.54, 1.807) is 20.3 Å². The van der Waals surface area contributed by atoms with Gasteiger partial charge in [-0.1, -0.05) is 0 Å². The van der Waals surface area contributed by atoms with Crippen LogP contribution in [-0.2, 0) is 9.53 Å². The third-order valence-electron chi connectivity index (χ3n) is 1.98. The number of amides is 1. The number of ether oxygens (including phenoxy) is 2. The van der Waals surface area contributed by atoms with Crippen molar-refractivity contribution in [1.82, 2.24) is 0 Å². The molecule has 1 aromatic rings. The van der Waals surface area contributed by atoms with Crippen molar-refractivity contribution in [3.05, 3.63) is 22.7 Å². The third kappa shape index (κ3) is 3.83. The molecule has 1 N–H and O–H groups in total. The Labute approximate surface area is 103 Å². The molecular formula is C11H14BrNO3. The lowest BCUT2D eigenvalue weighted by atomic mass is 10.3. The molecule has 0 heterocycles. The van der Waals surface area contributed by atoms with E-state index in [0.29, 0.717) is 24.5 Å². The van der Waals surface area contributed by atoms with Crippen LogP contribution in [0.3, 0.4) is 0 Å². The topological polar surface area (TPSA) is 47.6 Å². The average molecular weight is 288 g/mol. The molecule has 0 saturated heterocycles. The Balaban J connectivity index is 2.68. The molecule has 0 aliphatic heterocycles. The molecule has 16 heavy (non-hydrogen) atoms. The van der Waals surface area contributed by atoms with Crippen LogP contribution in [0.5, 0.6) is 5.75 Å². The first-order valence-corrected chi connectivity index (χ1v) is 5.59. The van der Waals surface area contributed by atoms with Gasteiger partial charge in [-0.15, -0.1) is 0 Å². The highest BCUT2D eigenvalue weighted by Crippen LogP contribution is 2.27. The van der Waals surface area contributed by atoms with Gasteiger partial charge in [0.2, 0.25) is 5.91 Å². The molecule has 4 nitrogen and oxygen atoms in total. The molecule has 1 amide bonds. The van der Waals surface area contributed by atoms with Gasteiger partial charge >= 0.3 is 0 Å². The second-order valence-electron chi connectivity index (χ2n) is 3.14. The second-order valence-corrected chi connectivity index (χ2v) is 3.99. The van der Waals surface area contributed by atoms with Crippen molar-refractivity contribution in [3.63, 3.8) is 0 Å². The van der Waals surface area contributed by atoms with E-state index in [2.05, 4.69) is 21.2 Å². The smallest absolute Gasteiger partial charge is 0.226 e. The standard InChI is InChI=1S/C11H14BrNO3/c1-15-6-5-11(14)13-10-7-8(16-2)3-4-9(10)12/h3-4,7H,5-6H2,1-2H3,(H,13,14). The molecule has 0 unspecified atom stereocenters. The molecule has 88 valence electrons. The highest BCUT2D eigenvalue weighted by Gasteiger charge is 2.06. The predicted molar refractivity (Wildman–Crippen MR) is 65.8 cm³/mol. The number of anilines is 1. The molecule has 0 atom stereocenters. The molecule has 1 aromatic carbocycles. The van der Waals surface area contributed by atoms with Gasteiger partial charge in [-0.2, -0.15) is 0 Å². The van der Waals surface area contributed by atoms with E-state index in [0.717, 1.165) is 4.47 Å². The van der Waals surface area contributed by atoms with Crippen molar-refractivity contribution in [3.8, 4) is 5.75 Å². The zero-order valence-corrected chi connectivity index (χ0v) is 10.8. The number of benzene rings is 1. The monoisotopic (exact) mass is 287 g/mol. The van der Waals surface area contributed by atoms with Gasteiger partial charge in [0.25, 0.3) is 0 Å². The third-order valence-corrected chi connectivity index (χ3v) is 2.67. The van der Waals surface area contributed by atoms with Gasteiger partial charge in [-0.05, 0) is 28.1 Å². The second kappa shape index (κ2) is 6.50. The van der Waals surface area contributed by atoms with Crippen LogP contribution in [0.1, 0.15) is 6.42 Å². The molecule has 0 radical (unpaired) electrons. The number of carbonyl (C=O) groups is 1. The molecular weight excluding hydrogens is 274 g/mol. The number of methoxy groups -OCH3 is 2. The van der Waals surface area contributed by atoms with Gasteiger partial charge in [-0.3, -0.25) is 4.79 Å². The maximum Gasteiger partial charge on any atom is 0.226 e. The Kier molecular flexibility index (Phi) is 5.28. The van der Waals surface area contributed by atoms with Crippen LogP contribution < -0.4 is 10.1 Å². The Morgan fingerprint density at radius 2 is 2.19 bits per heavy atom. The summed E-state index contributed by atoms with van der Waals surface area (Å²) in [5, 5.41) is 2.77. The van der Waals surface area contributed by atoms with Crippen LogP contribution in [0, 0.1) is 0 Å². The van der Waals surface area contributed by atoms with Crippen molar-refractivity contribution in [2.75, 3.05) is 26.1 Å². The molecule has 0 bridgehead atoms. The van der Waals surface area contributed by atoms with E-state index >= 15 is 0 Å². The van der Waals surface area contributed by atoms with Gasteiger partial charge in [-0.25, -0.2) is 0 Å². The van der Waals surface area contributed by atoms with Gasteiger partial charge in [0.1, 0.15) is 5.75 Å². The molecule has 0 aliphatic carbocycles. The molecule has 0 spiro atoms. The molecule has 0 fully saturated rings. The van der Waals surface area contributed by atoms with Gasteiger partial charge in [0.15, 0.2) is 0 Å². The lowest BCUT2D eigenvalue weighted by Gasteiger charge is -2.08. The Morgan fingerprint density at radius 3 is 2.81 bits per heavy atom. The van der Waals surface area contributed by atoms with Crippen molar-refractivity contribution in [1.29, 1.82) is 0 Å². The molecule has 0 aliphatic rings. The minimum absolute atomic E-state index is 0.0872. The van der Waals surface area contributed by atoms with E-state index in [1.807, 2.05) is 12.1 Å². The first kappa shape index (κ1) is 13.0. The van der Waals surface area contributed by atoms with Gasteiger partial charge in [0, 0.05) is 17.6 Å². The fraction of sp³-hybridized carbons (Fsp3) is 0.364. The first-order chi connectivity index (χ1) is 7.67. The highest BCUT2D eigenvalue weighted by molar-refractivity contribution is 9.10. The van der Waals surface area contributed by atoms with Gasteiger partial charge < -0.3 is 14.8 Å². The molecule has 0 saturated carbocycles. The van der Waals surface area contributed by atoms with Crippen molar-refractivity contribution in [2.24, 2.45) is 0 Å². The van der Waals surface area contributed by atoms with Crippen LogP contribution in [0.4, 0.5) is 5.69 Å². The maximum atomic E-state index is 11.5. The number of rotatable bonds is 5. The SMILES string of the molecule is COCCC(=O)Nc1cc(OC)ccc1Br. The number of carbonyl (C=O) groups excluding carboxylic acids is 1. The average Bonchev–Trinajstić information content (AvgIpc) is 2.29. The zero-order valence-electron chi connectivity index (χ0n) is 9.25. The summed E-state index contributed by atoms with van der Waals surface area (Å²) in [7, 11) is 3.15. The molecule has 0 aromatic heterocycles. The Hall–Kier alpha value is -1.07. The lowest BCUT2D eigenvalue weighted by Crippen LogP contribution is -2.13. The fourth-order valence-corrected chi connectivity index (χ4v) is 1.48. The summed E-state index contributed by atoms with van der Waals surface area (Å²) in [6.45, 7) is 0.410. The van der Waals surface area contributed by atoms with Crippen molar-refractivity contribution in [2.45, 2.75) is 6.42 Å². The van der Waals surface area contributed by atoms with E-state index in [1.165, 1.54) is 0 Å². The minimum atomic E-state index is -0.0872. The van der Waals surface area contributed by atoms with E-state index in [9.17, 15) is 4.79 Å². The van der Waals surface area contributed by atoms with Crippen LogP contribution in [0.15, 0.2) is 22.7 Å². The van der Waals surface area contributed by atoms with Crippen LogP contribution in [0.25, 0.3) is 0 Å². The molecule has 1 rings (SSSR count). The fourth-order valence-electron chi connectivity index (χ4n) is 1.13. The number of nitrogens with one attached hydrogen (secondary N) is 1. The highest BCUT2D eigenvalue weighted by atomic mass is 79.9. The quantitative estimate of drug-likeness (QED) is 0.905. The lowest BCUT2D eigenvalue weighted by molar-refractivity contribution is -0.117. The summed E-state index contributed by atoms with van der Waals surface area (Å²) in [6, 6.07) is 5.40. The summed E-state index contributed by atoms with van der Waals surface area (Å²) in [5.74, 6) is 0.612. The number of hydrogen-bond donors (Lipinski definition) is 1. The normalized spacial score (nSPS) is 9.94. The van der Waals surface area contributed by atoms with Crippen LogP contribution in [-0.4, -0.2) is 26.7 Å². The summed E-state index contributed by atoms with van der Waals surface area (Å²) in [4.78, 5) is 11.5. The number of halogens is 1. The van der Waals surface area contributed by atoms with Crippen molar-refractivity contribution < 1.29 is 14.3 Å². The Bertz CT molecular complexity index is 368. The predicted octanol–water partition coefficient (Wildman–Crippen LogP) is 2.43. The Morgan fingerprint density at radius 1 is 1.44 bits per heavy atom. The zero-order chi connectivity index (χ0) is 12.0. The van der Waals surface area contributed by atoms with Gasteiger partial charge in [0.05, 0.1) is 25.8 Å². The van der Waals surface area contributed by atoms with E-state index in [-0.39, 0.29) is 5.91 Å². The first-order valence-electron chi connectivity index (χ1n) is 4.79.